The van der Waals surface area contributed by atoms with Crippen molar-refractivity contribution in [1.29, 1.82) is 0 Å². The van der Waals surface area contributed by atoms with Gasteiger partial charge in [-0.05, 0) is 19.8 Å². The Morgan fingerprint density at radius 1 is 0.661 bits per heavy atom. The monoisotopic (exact) mass is 802 g/mol. The van der Waals surface area contributed by atoms with Crippen LogP contribution >= 0.6 is 0 Å². The van der Waals surface area contributed by atoms with Gasteiger partial charge in [0, 0.05) is 37.8 Å². The number of amides is 5. The molecule has 5 amide bonds. The molecule has 0 aromatic heterocycles. The molecule has 0 aliphatic carbocycles. The highest BCUT2D eigenvalue weighted by molar-refractivity contribution is 6.41. The van der Waals surface area contributed by atoms with Crippen LogP contribution in [0.25, 0.3) is 0 Å². The van der Waals surface area contributed by atoms with Crippen molar-refractivity contribution in [1.82, 2.24) is 15.5 Å². The van der Waals surface area contributed by atoms with Crippen LogP contribution in [0.4, 0.5) is 0 Å². The quantitative estimate of drug-likeness (QED) is 0.0515. The fraction of sp³-hybridized carbons (Fsp3) is 0.816. The summed E-state index contributed by atoms with van der Waals surface area (Å²) in [4.78, 5) is 77.4. The molecule has 2 atom stereocenters. The Morgan fingerprint density at radius 3 is 1.48 bits per heavy atom. The normalized spacial score (nSPS) is 15.2. The number of ketones is 1. The number of ether oxygens (including phenoxy) is 8. The van der Waals surface area contributed by atoms with Crippen LogP contribution in [-0.2, 0) is 66.7 Å². The van der Waals surface area contributed by atoms with Gasteiger partial charge in [-0.15, -0.1) is 0 Å². The minimum Gasteiger partial charge on any atom is -0.379 e. The van der Waals surface area contributed by atoms with Crippen molar-refractivity contribution in [3.8, 4) is 0 Å². The minimum absolute atomic E-state index is 0.0217. The SMILES string of the molecule is CC(=O)[C@H](C)NC(=O)C(=NC(=O)CCOCCOCCOCCOCCOCCOCCOCCOCCNC(=O)CCN1C(=O)CC(C(C)C)C1=O)C(C)C. The molecule has 0 spiro atoms. The molecular weight excluding hydrogens is 736 g/mol. The Kier molecular flexibility index (Phi) is 28.8. The van der Waals surface area contributed by atoms with Crippen molar-refractivity contribution >= 4 is 41.0 Å². The van der Waals surface area contributed by atoms with Crippen molar-refractivity contribution in [2.24, 2.45) is 22.7 Å². The summed E-state index contributed by atoms with van der Waals surface area (Å²) in [6, 6.07) is -0.655. The highest BCUT2D eigenvalue weighted by Gasteiger charge is 2.39. The highest BCUT2D eigenvalue weighted by Crippen LogP contribution is 2.26. The van der Waals surface area contributed by atoms with Crippen molar-refractivity contribution in [3.05, 3.63) is 0 Å². The molecule has 0 aromatic rings. The zero-order valence-electron chi connectivity index (χ0n) is 34.3. The number of carbonyl (C=O) groups is 6. The number of hydrogen-bond acceptors (Lipinski definition) is 14. The van der Waals surface area contributed by atoms with Gasteiger partial charge in [0.25, 0.3) is 5.91 Å². The van der Waals surface area contributed by atoms with E-state index in [1.54, 1.807) is 20.8 Å². The van der Waals surface area contributed by atoms with E-state index in [9.17, 15) is 28.8 Å². The van der Waals surface area contributed by atoms with Gasteiger partial charge in [-0.25, -0.2) is 4.99 Å². The summed E-state index contributed by atoms with van der Waals surface area (Å²) >= 11 is 0. The maximum Gasteiger partial charge on any atom is 0.266 e. The van der Waals surface area contributed by atoms with E-state index >= 15 is 0 Å². The van der Waals surface area contributed by atoms with E-state index < -0.39 is 17.9 Å². The van der Waals surface area contributed by atoms with Crippen molar-refractivity contribution in [3.63, 3.8) is 0 Å². The number of nitrogens with zero attached hydrogens (tertiary/aromatic N) is 2. The summed E-state index contributed by atoms with van der Waals surface area (Å²) in [6.07, 6.45) is 0.311. The van der Waals surface area contributed by atoms with Gasteiger partial charge in [-0.1, -0.05) is 27.7 Å². The molecule has 1 saturated heterocycles. The van der Waals surface area contributed by atoms with Gasteiger partial charge in [-0.2, -0.15) is 0 Å². The Balaban J connectivity index is 1.82. The van der Waals surface area contributed by atoms with Gasteiger partial charge < -0.3 is 48.5 Å². The molecule has 56 heavy (non-hydrogen) atoms. The number of imide groups is 1. The topological polar surface area (TPSA) is 216 Å². The molecule has 2 N–H and O–H groups in total. The first-order valence-corrected chi connectivity index (χ1v) is 19.5. The van der Waals surface area contributed by atoms with Crippen molar-refractivity contribution < 1.29 is 66.7 Å². The number of rotatable bonds is 35. The molecular formula is C38H66N4O14. The van der Waals surface area contributed by atoms with Crippen LogP contribution in [0.2, 0.25) is 0 Å². The Bertz CT molecular complexity index is 1200. The number of hydrogen-bond donors (Lipinski definition) is 2. The van der Waals surface area contributed by atoms with E-state index in [4.69, 9.17) is 37.9 Å². The van der Waals surface area contributed by atoms with E-state index in [-0.39, 0.29) is 79.4 Å². The third kappa shape index (κ3) is 24.4. The molecule has 0 aromatic carbocycles. The molecule has 18 heteroatoms. The second-order valence-electron chi connectivity index (χ2n) is 13.5. The maximum atomic E-state index is 12.3. The summed E-state index contributed by atoms with van der Waals surface area (Å²) in [5, 5.41) is 5.27. The first kappa shape index (κ1) is 50.8. The van der Waals surface area contributed by atoms with Crippen LogP contribution in [0.15, 0.2) is 4.99 Å². The van der Waals surface area contributed by atoms with E-state index in [1.807, 2.05) is 13.8 Å². The van der Waals surface area contributed by atoms with Gasteiger partial charge in [-0.3, -0.25) is 33.7 Å². The zero-order valence-corrected chi connectivity index (χ0v) is 34.3. The average Bonchev–Trinajstić information content (AvgIpc) is 3.44. The van der Waals surface area contributed by atoms with Gasteiger partial charge in [0.15, 0.2) is 5.78 Å². The summed E-state index contributed by atoms with van der Waals surface area (Å²) in [6.45, 7) is 16.8. The van der Waals surface area contributed by atoms with Crippen molar-refractivity contribution in [2.75, 3.05) is 119 Å². The summed E-state index contributed by atoms with van der Waals surface area (Å²) in [5.41, 5.74) is 0.0817. The Hall–Kier alpha value is -3.23. The summed E-state index contributed by atoms with van der Waals surface area (Å²) in [7, 11) is 0. The fourth-order valence-corrected chi connectivity index (χ4v) is 4.83. The standard InChI is InChI=1S/C38H66N4O14/c1-28(2)32-27-35(46)42(38(32)48)10-7-33(44)39-9-12-50-14-16-52-18-20-54-22-24-56-26-25-55-23-21-53-19-17-51-15-13-49-11-8-34(45)41-36(29(3)4)37(47)40-30(5)31(6)43/h28-30,32H,7-27H2,1-6H3,(H,39,44)(H,40,47)/t30-,32?/m0/s1. The second kappa shape index (κ2) is 31.8. The third-order valence-corrected chi connectivity index (χ3v) is 8.26. The first-order chi connectivity index (χ1) is 26.8. The number of carbonyl (C=O) groups excluding carboxylic acids is 6. The predicted molar refractivity (Wildman–Crippen MR) is 204 cm³/mol. The molecule has 18 nitrogen and oxygen atoms in total. The second-order valence-corrected chi connectivity index (χ2v) is 13.5. The number of likely N-dealkylation sites (tertiary alicyclic amines) is 1. The molecule has 322 valence electrons. The van der Waals surface area contributed by atoms with Crippen LogP contribution < -0.4 is 10.6 Å². The number of aliphatic imine (C=N–C) groups is 1. The average molecular weight is 803 g/mol. The zero-order chi connectivity index (χ0) is 41.6. The lowest BCUT2D eigenvalue weighted by atomic mass is 9.94. The highest BCUT2D eigenvalue weighted by atomic mass is 16.6. The van der Waals surface area contributed by atoms with Crippen LogP contribution in [0.3, 0.4) is 0 Å². The minimum atomic E-state index is -0.655. The molecule has 1 unspecified atom stereocenters. The van der Waals surface area contributed by atoms with E-state index in [2.05, 4.69) is 15.6 Å². The number of Topliss-reactive ketones (excluding diaryl/α,β-unsaturated/α-hetero) is 1. The molecule has 0 bridgehead atoms. The fourth-order valence-electron chi connectivity index (χ4n) is 4.83. The lowest BCUT2D eigenvalue weighted by Crippen LogP contribution is -2.43. The van der Waals surface area contributed by atoms with E-state index in [0.29, 0.717) is 106 Å². The smallest absolute Gasteiger partial charge is 0.266 e. The van der Waals surface area contributed by atoms with Gasteiger partial charge in [0.2, 0.25) is 23.6 Å². The van der Waals surface area contributed by atoms with Crippen LogP contribution in [0.1, 0.15) is 60.8 Å². The maximum absolute atomic E-state index is 12.3. The largest absolute Gasteiger partial charge is 0.379 e. The number of nitrogens with one attached hydrogen (secondary N) is 2. The molecule has 1 heterocycles. The first-order valence-electron chi connectivity index (χ1n) is 19.5. The molecule has 1 rings (SSSR count). The van der Waals surface area contributed by atoms with E-state index in [1.165, 1.54) is 11.8 Å². The molecule has 0 saturated carbocycles. The van der Waals surface area contributed by atoms with Gasteiger partial charge >= 0.3 is 0 Å². The Labute approximate surface area is 331 Å². The lowest BCUT2D eigenvalue weighted by Gasteiger charge is -2.16. The molecule has 0 radical (unpaired) electrons. The Morgan fingerprint density at radius 2 is 1.09 bits per heavy atom. The molecule has 1 fully saturated rings. The lowest BCUT2D eigenvalue weighted by molar-refractivity contribution is -0.140. The molecule has 1 aliphatic rings. The predicted octanol–water partition coefficient (Wildman–Crippen LogP) is 0.764. The van der Waals surface area contributed by atoms with Gasteiger partial charge in [0.1, 0.15) is 5.71 Å². The molecule has 1 aliphatic heterocycles. The third-order valence-electron chi connectivity index (χ3n) is 8.26. The summed E-state index contributed by atoms with van der Waals surface area (Å²) < 4.78 is 43.6. The van der Waals surface area contributed by atoms with Crippen LogP contribution in [0.5, 0.6) is 0 Å². The summed E-state index contributed by atoms with van der Waals surface area (Å²) in [5.74, 6) is -2.30. The van der Waals surface area contributed by atoms with Crippen molar-refractivity contribution in [2.45, 2.75) is 66.8 Å². The van der Waals surface area contributed by atoms with Gasteiger partial charge in [0.05, 0.1) is 118 Å². The van der Waals surface area contributed by atoms with Crippen LogP contribution in [0, 0.1) is 17.8 Å². The van der Waals surface area contributed by atoms with E-state index in [0.717, 1.165) is 0 Å². The van der Waals surface area contributed by atoms with Crippen LogP contribution in [-0.4, -0.2) is 171 Å².